The summed E-state index contributed by atoms with van der Waals surface area (Å²) >= 11 is 0. The molecule has 2 aliphatic rings. The summed E-state index contributed by atoms with van der Waals surface area (Å²) in [6.07, 6.45) is 0.719. The molecule has 1 aromatic heterocycles. The molecule has 162 valence electrons. The summed E-state index contributed by atoms with van der Waals surface area (Å²) in [6, 6.07) is 17.6. The zero-order chi connectivity index (χ0) is 22.5. The third-order valence-corrected chi connectivity index (χ3v) is 8.24. The Hall–Kier alpha value is -3.28. The van der Waals surface area contributed by atoms with Crippen LogP contribution in [-0.2, 0) is 16.6 Å². The number of aromatic nitrogens is 1. The lowest BCUT2D eigenvalue weighted by atomic mass is 9.81. The van der Waals surface area contributed by atoms with Gasteiger partial charge in [-0.2, -0.15) is 9.57 Å². The van der Waals surface area contributed by atoms with Gasteiger partial charge >= 0.3 is 0 Å². The molecule has 2 aromatic carbocycles. The van der Waals surface area contributed by atoms with Gasteiger partial charge in [0, 0.05) is 48.4 Å². The van der Waals surface area contributed by atoms with E-state index in [1.165, 1.54) is 28.6 Å². The second kappa shape index (κ2) is 7.69. The molecule has 1 fully saturated rings. The maximum atomic E-state index is 14.6. The standard InChI is InChI=1S/C24H20FN3O3S/c25-21-7-3-2-6-19(21)20-9-10-23(29)28-14-16-11-18(24(20)28)15-27(13-16)32(30,31)22-8-4-1-5-17(22)12-26/h1-10,16,18H,11,13-15H2/t16-,18+/m0/s1. The van der Waals surface area contributed by atoms with Gasteiger partial charge < -0.3 is 4.57 Å². The number of nitrogens with zero attached hydrogens (tertiary/aromatic N) is 3. The summed E-state index contributed by atoms with van der Waals surface area (Å²) in [4.78, 5) is 12.6. The van der Waals surface area contributed by atoms with E-state index in [-0.39, 0.29) is 46.8 Å². The Bertz CT molecular complexity index is 1420. The lowest BCUT2D eigenvalue weighted by Crippen LogP contribution is -2.49. The number of halogens is 1. The van der Waals surface area contributed by atoms with Gasteiger partial charge in [-0.3, -0.25) is 4.79 Å². The Morgan fingerprint density at radius 3 is 2.47 bits per heavy atom. The molecular weight excluding hydrogens is 429 g/mol. The number of rotatable bonds is 3. The predicted octanol–water partition coefficient (Wildman–Crippen LogP) is 3.33. The van der Waals surface area contributed by atoms with Gasteiger partial charge in [0.15, 0.2) is 0 Å². The van der Waals surface area contributed by atoms with Crippen molar-refractivity contribution in [1.29, 1.82) is 5.26 Å². The maximum absolute atomic E-state index is 14.6. The smallest absolute Gasteiger partial charge is 0.250 e. The molecule has 6 nitrogen and oxygen atoms in total. The van der Waals surface area contributed by atoms with Crippen LogP contribution in [0, 0.1) is 23.1 Å². The van der Waals surface area contributed by atoms with Crippen molar-refractivity contribution in [1.82, 2.24) is 8.87 Å². The second-order valence-electron chi connectivity index (χ2n) is 8.29. The van der Waals surface area contributed by atoms with Gasteiger partial charge in [0.1, 0.15) is 11.9 Å². The fourth-order valence-electron chi connectivity index (χ4n) is 5.00. The van der Waals surface area contributed by atoms with Crippen molar-refractivity contribution in [3.05, 3.63) is 88.1 Å². The molecule has 0 amide bonds. The van der Waals surface area contributed by atoms with Crippen molar-refractivity contribution in [2.45, 2.75) is 23.8 Å². The zero-order valence-electron chi connectivity index (χ0n) is 17.1. The highest BCUT2D eigenvalue weighted by Gasteiger charge is 2.41. The topological polar surface area (TPSA) is 83.2 Å². The van der Waals surface area contributed by atoms with Crippen LogP contribution < -0.4 is 5.56 Å². The largest absolute Gasteiger partial charge is 0.311 e. The molecule has 8 heteroatoms. The third kappa shape index (κ3) is 3.25. The molecule has 0 aliphatic carbocycles. The highest BCUT2D eigenvalue weighted by Crippen LogP contribution is 2.41. The van der Waals surface area contributed by atoms with Gasteiger partial charge in [0.2, 0.25) is 10.0 Å². The van der Waals surface area contributed by atoms with Gasteiger partial charge in [-0.1, -0.05) is 30.3 Å². The van der Waals surface area contributed by atoms with Crippen LogP contribution in [0.3, 0.4) is 0 Å². The molecule has 0 unspecified atom stereocenters. The van der Waals surface area contributed by atoms with Crippen molar-refractivity contribution in [2.24, 2.45) is 5.92 Å². The van der Waals surface area contributed by atoms with Crippen LogP contribution in [0.1, 0.15) is 23.6 Å². The van der Waals surface area contributed by atoms with E-state index < -0.39 is 10.0 Å². The summed E-state index contributed by atoms with van der Waals surface area (Å²) in [5.74, 6) is -0.687. The Balaban J connectivity index is 1.61. The van der Waals surface area contributed by atoms with Gasteiger partial charge in [-0.15, -0.1) is 0 Å². The first-order chi connectivity index (χ1) is 15.4. The minimum absolute atomic E-state index is 0.0118. The van der Waals surface area contributed by atoms with E-state index in [0.717, 1.165) is 6.42 Å². The number of benzene rings is 2. The molecule has 1 saturated heterocycles. The number of fused-ring (bicyclic) bond motifs is 4. The lowest BCUT2D eigenvalue weighted by molar-refractivity contribution is 0.187. The van der Waals surface area contributed by atoms with Crippen LogP contribution >= 0.6 is 0 Å². The van der Waals surface area contributed by atoms with E-state index >= 15 is 0 Å². The van der Waals surface area contributed by atoms with Crippen molar-refractivity contribution in [3.8, 4) is 17.2 Å². The van der Waals surface area contributed by atoms with E-state index in [9.17, 15) is 22.9 Å². The molecule has 2 atom stereocenters. The molecule has 0 spiro atoms. The van der Waals surface area contributed by atoms with Gasteiger partial charge in [-0.05, 0) is 36.6 Å². The van der Waals surface area contributed by atoms with Crippen LogP contribution in [0.2, 0.25) is 0 Å². The molecule has 0 N–H and O–H groups in total. The number of piperidine rings is 1. The predicted molar refractivity (Wildman–Crippen MR) is 117 cm³/mol. The van der Waals surface area contributed by atoms with Crippen LogP contribution in [0.5, 0.6) is 0 Å². The van der Waals surface area contributed by atoms with Crippen molar-refractivity contribution < 1.29 is 12.8 Å². The highest BCUT2D eigenvalue weighted by molar-refractivity contribution is 7.89. The molecule has 32 heavy (non-hydrogen) atoms. The second-order valence-corrected chi connectivity index (χ2v) is 10.2. The monoisotopic (exact) mass is 449 g/mol. The summed E-state index contributed by atoms with van der Waals surface area (Å²) in [5.41, 5.74) is 1.62. The molecule has 3 heterocycles. The Morgan fingerprint density at radius 1 is 0.938 bits per heavy atom. The molecule has 3 aromatic rings. The number of nitriles is 1. The van der Waals surface area contributed by atoms with Crippen LogP contribution in [0.4, 0.5) is 4.39 Å². The van der Waals surface area contributed by atoms with E-state index in [2.05, 4.69) is 0 Å². The number of pyridine rings is 1. The number of sulfonamides is 1. The minimum atomic E-state index is -3.90. The normalized spacial score (nSPS) is 20.4. The Labute approximate surface area is 185 Å². The van der Waals surface area contributed by atoms with Crippen molar-refractivity contribution in [3.63, 3.8) is 0 Å². The SMILES string of the molecule is N#Cc1ccccc1S(=O)(=O)N1C[C@@H]2C[C@H](C1)c1c(-c3ccccc3F)ccc(=O)n1C2. The van der Waals surface area contributed by atoms with Gasteiger partial charge in [0.05, 0.1) is 10.5 Å². The minimum Gasteiger partial charge on any atom is -0.311 e. The molecule has 0 saturated carbocycles. The van der Waals surface area contributed by atoms with Crippen LogP contribution in [-0.4, -0.2) is 30.4 Å². The first-order valence-electron chi connectivity index (χ1n) is 10.4. The molecular formula is C24H20FN3O3S. The number of hydrogen-bond donors (Lipinski definition) is 0. The fraction of sp³-hybridized carbons (Fsp3) is 0.250. The van der Waals surface area contributed by atoms with Crippen molar-refractivity contribution in [2.75, 3.05) is 13.1 Å². The summed E-state index contributed by atoms with van der Waals surface area (Å²) in [5, 5.41) is 9.38. The summed E-state index contributed by atoms with van der Waals surface area (Å²) in [6.45, 7) is 0.816. The molecule has 2 aliphatic heterocycles. The van der Waals surface area contributed by atoms with Crippen LogP contribution in [0.15, 0.2) is 70.4 Å². The van der Waals surface area contributed by atoms with E-state index in [1.54, 1.807) is 41.0 Å². The Morgan fingerprint density at radius 2 is 1.69 bits per heavy atom. The first kappa shape index (κ1) is 20.6. The maximum Gasteiger partial charge on any atom is 0.250 e. The molecule has 2 bridgehead atoms. The third-order valence-electron chi connectivity index (χ3n) is 6.35. The van der Waals surface area contributed by atoms with Gasteiger partial charge in [0.25, 0.3) is 5.56 Å². The molecule has 0 radical (unpaired) electrons. The fourth-order valence-corrected chi connectivity index (χ4v) is 6.70. The van der Waals surface area contributed by atoms with Crippen LogP contribution in [0.25, 0.3) is 11.1 Å². The zero-order valence-corrected chi connectivity index (χ0v) is 17.9. The summed E-state index contributed by atoms with van der Waals surface area (Å²) < 4.78 is 44.6. The van der Waals surface area contributed by atoms with E-state index in [1.807, 2.05) is 6.07 Å². The number of hydrogen-bond acceptors (Lipinski definition) is 4. The molecule has 5 rings (SSSR count). The lowest BCUT2D eigenvalue weighted by Gasteiger charge is -2.43. The average molecular weight is 450 g/mol. The average Bonchev–Trinajstić information content (AvgIpc) is 2.80. The first-order valence-corrected chi connectivity index (χ1v) is 11.8. The Kier molecular flexibility index (Phi) is 4.96. The van der Waals surface area contributed by atoms with E-state index in [4.69, 9.17) is 0 Å². The quantitative estimate of drug-likeness (QED) is 0.614. The van der Waals surface area contributed by atoms with Gasteiger partial charge in [-0.25, -0.2) is 12.8 Å². The van der Waals surface area contributed by atoms with Crippen molar-refractivity contribution >= 4 is 10.0 Å². The van der Waals surface area contributed by atoms with E-state index in [0.29, 0.717) is 23.4 Å². The highest BCUT2D eigenvalue weighted by atomic mass is 32.2. The summed E-state index contributed by atoms with van der Waals surface area (Å²) in [7, 11) is -3.90.